The fourth-order valence-corrected chi connectivity index (χ4v) is 2.68. The van der Waals surface area contributed by atoms with Gasteiger partial charge in [0.05, 0.1) is 18.6 Å². The molecular weight excluding hydrogens is 306 g/mol. The summed E-state index contributed by atoms with van der Waals surface area (Å²) in [6.45, 7) is 6.71. The van der Waals surface area contributed by atoms with Crippen LogP contribution in [-0.2, 0) is 9.53 Å². The predicted molar refractivity (Wildman–Crippen MR) is 91.6 cm³/mol. The van der Waals surface area contributed by atoms with Crippen molar-refractivity contribution in [3.05, 3.63) is 30.1 Å². The van der Waals surface area contributed by atoms with E-state index < -0.39 is 0 Å². The van der Waals surface area contributed by atoms with Gasteiger partial charge in [-0.1, -0.05) is 13.8 Å². The normalized spacial score (nSPS) is 15.5. The number of carbonyl (C=O) groups excluding carboxylic acids is 2. The molecule has 0 aromatic carbocycles. The lowest BCUT2D eigenvalue weighted by Gasteiger charge is -2.32. The van der Waals surface area contributed by atoms with E-state index >= 15 is 0 Å². The van der Waals surface area contributed by atoms with Gasteiger partial charge in [0.15, 0.2) is 0 Å². The van der Waals surface area contributed by atoms with E-state index in [9.17, 15) is 9.59 Å². The molecule has 0 bridgehead atoms. The van der Waals surface area contributed by atoms with Gasteiger partial charge in [-0.15, -0.1) is 0 Å². The monoisotopic (exact) mass is 333 g/mol. The first kappa shape index (κ1) is 18.4. The van der Waals surface area contributed by atoms with E-state index in [-0.39, 0.29) is 17.9 Å². The lowest BCUT2D eigenvalue weighted by Crippen LogP contribution is -2.46. The van der Waals surface area contributed by atoms with Crippen molar-refractivity contribution in [2.24, 2.45) is 5.92 Å². The largest absolute Gasteiger partial charge is 0.381 e. The predicted octanol–water partition coefficient (Wildman–Crippen LogP) is 1.87. The summed E-state index contributed by atoms with van der Waals surface area (Å²) in [5.41, 5.74) is 0.568. The number of likely N-dealkylation sites (tertiary alicyclic amines) is 1. The van der Waals surface area contributed by atoms with Crippen LogP contribution < -0.4 is 5.32 Å². The molecule has 1 fully saturated rings. The Hall–Kier alpha value is -1.95. The average Bonchev–Trinajstić information content (AvgIpc) is 2.59. The molecule has 1 aromatic rings. The van der Waals surface area contributed by atoms with Gasteiger partial charge in [-0.2, -0.15) is 0 Å². The molecule has 0 unspecified atom stereocenters. The number of hydrogen-bond donors (Lipinski definition) is 1. The Morgan fingerprint density at radius 2 is 2.12 bits per heavy atom. The number of carbonyl (C=O) groups is 2. The summed E-state index contributed by atoms with van der Waals surface area (Å²) in [5.74, 6) is 0.519. The van der Waals surface area contributed by atoms with Crippen LogP contribution in [0.3, 0.4) is 0 Å². The SMILES string of the molecule is CC(C)COCCC(=O)N1CCC(NC(=O)c2cccnc2)CC1. The zero-order chi connectivity index (χ0) is 17.4. The topological polar surface area (TPSA) is 71.5 Å². The third-order valence-electron chi connectivity index (χ3n) is 4.02. The van der Waals surface area contributed by atoms with Crippen molar-refractivity contribution in [3.8, 4) is 0 Å². The molecule has 0 radical (unpaired) electrons. The van der Waals surface area contributed by atoms with Gasteiger partial charge in [0, 0.05) is 38.1 Å². The molecule has 2 heterocycles. The summed E-state index contributed by atoms with van der Waals surface area (Å²) in [6.07, 6.45) is 5.20. The van der Waals surface area contributed by atoms with Crippen LogP contribution in [-0.4, -0.2) is 54.0 Å². The van der Waals surface area contributed by atoms with Crippen LogP contribution in [0.15, 0.2) is 24.5 Å². The second-order valence-electron chi connectivity index (χ2n) is 6.59. The fourth-order valence-electron chi connectivity index (χ4n) is 2.68. The molecule has 0 aliphatic carbocycles. The van der Waals surface area contributed by atoms with E-state index in [2.05, 4.69) is 24.1 Å². The van der Waals surface area contributed by atoms with E-state index in [1.54, 1.807) is 24.5 Å². The highest BCUT2D eigenvalue weighted by Crippen LogP contribution is 2.12. The van der Waals surface area contributed by atoms with Crippen LogP contribution in [0, 0.1) is 5.92 Å². The Labute approximate surface area is 143 Å². The van der Waals surface area contributed by atoms with Crippen LogP contribution in [0.25, 0.3) is 0 Å². The number of rotatable bonds is 7. The molecule has 0 atom stereocenters. The highest BCUT2D eigenvalue weighted by atomic mass is 16.5. The van der Waals surface area contributed by atoms with E-state index in [1.165, 1.54) is 0 Å². The second-order valence-corrected chi connectivity index (χ2v) is 6.59. The molecule has 1 N–H and O–H groups in total. The lowest BCUT2D eigenvalue weighted by atomic mass is 10.0. The van der Waals surface area contributed by atoms with Crippen molar-refractivity contribution in [1.29, 1.82) is 0 Å². The molecule has 1 aromatic heterocycles. The summed E-state index contributed by atoms with van der Waals surface area (Å²) in [4.78, 5) is 30.1. The van der Waals surface area contributed by atoms with Crippen molar-refractivity contribution < 1.29 is 14.3 Å². The third kappa shape index (κ3) is 5.92. The molecule has 6 heteroatoms. The Morgan fingerprint density at radius 1 is 1.38 bits per heavy atom. The van der Waals surface area contributed by atoms with Gasteiger partial charge in [-0.25, -0.2) is 0 Å². The second kappa shape index (κ2) is 9.37. The molecule has 0 saturated carbocycles. The molecule has 0 spiro atoms. The minimum absolute atomic E-state index is 0.102. The number of amides is 2. The van der Waals surface area contributed by atoms with Gasteiger partial charge in [-0.05, 0) is 30.9 Å². The number of aromatic nitrogens is 1. The minimum atomic E-state index is -0.102. The Balaban J connectivity index is 1.67. The van der Waals surface area contributed by atoms with Gasteiger partial charge in [-0.3, -0.25) is 14.6 Å². The first-order valence-corrected chi connectivity index (χ1v) is 8.62. The Morgan fingerprint density at radius 3 is 2.75 bits per heavy atom. The smallest absolute Gasteiger partial charge is 0.253 e. The quantitative estimate of drug-likeness (QED) is 0.773. The van der Waals surface area contributed by atoms with Gasteiger partial charge >= 0.3 is 0 Å². The van der Waals surface area contributed by atoms with Gasteiger partial charge in [0.2, 0.25) is 5.91 Å². The number of ether oxygens (including phenoxy) is 1. The number of hydrogen-bond acceptors (Lipinski definition) is 4. The summed E-state index contributed by atoms with van der Waals surface area (Å²) in [6, 6.07) is 3.61. The number of nitrogens with one attached hydrogen (secondary N) is 1. The lowest BCUT2D eigenvalue weighted by molar-refractivity contribution is -0.133. The minimum Gasteiger partial charge on any atom is -0.381 e. The number of piperidine rings is 1. The highest BCUT2D eigenvalue weighted by Gasteiger charge is 2.23. The molecule has 132 valence electrons. The summed E-state index contributed by atoms with van der Waals surface area (Å²) >= 11 is 0. The van der Waals surface area contributed by atoms with Crippen molar-refractivity contribution in [2.45, 2.75) is 39.2 Å². The maximum Gasteiger partial charge on any atom is 0.253 e. The Kier molecular flexibility index (Phi) is 7.18. The van der Waals surface area contributed by atoms with Crippen LogP contribution >= 0.6 is 0 Å². The van der Waals surface area contributed by atoms with Crippen molar-refractivity contribution in [1.82, 2.24) is 15.2 Å². The fraction of sp³-hybridized carbons (Fsp3) is 0.611. The molecule has 2 amide bonds. The van der Waals surface area contributed by atoms with Gasteiger partial charge < -0.3 is 15.0 Å². The first-order valence-electron chi connectivity index (χ1n) is 8.62. The van der Waals surface area contributed by atoms with Crippen LogP contribution in [0.2, 0.25) is 0 Å². The van der Waals surface area contributed by atoms with Gasteiger partial charge in [0.25, 0.3) is 5.91 Å². The number of pyridine rings is 1. The highest BCUT2D eigenvalue weighted by molar-refractivity contribution is 5.94. The molecule has 2 rings (SSSR count). The molecule has 6 nitrogen and oxygen atoms in total. The van der Waals surface area contributed by atoms with Crippen molar-refractivity contribution in [3.63, 3.8) is 0 Å². The number of nitrogens with zero attached hydrogens (tertiary/aromatic N) is 2. The zero-order valence-electron chi connectivity index (χ0n) is 14.5. The molecular formula is C18H27N3O3. The van der Waals surface area contributed by atoms with Crippen molar-refractivity contribution in [2.75, 3.05) is 26.3 Å². The molecule has 1 aliphatic rings. The van der Waals surface area contributed by atoms with Crippen LogP contribution in [0.4, 0.5) is 0 Å². The average molecular weight is 333 g/mol. The summed E-state index contributed by atoms with van der Waals surface area (Å²) in [5, 5.41) is 3.02. The van der Waals surface area contributed by atoms with E-state index in [0.29, 0.717) is 44.2 Å². The molecule has 1 saturated heterocycles. The molecule has 24 heavy (non-hydrogen) atoms. The van der Waals surface area contributed by atoms with Gasteiger partial charge in [0.1, 0.15) is 0 Å². The molecule has 1 aliphatic heterocycles. The van der Waals surface area contributed by atoms with E-state index in [4.69, 9.17) is 4.74 Å². The maximum absolute atomic E-state index is 12.1. The summed E-state index contributed by atoms with van der Waals surface area (Å²) < 4.78 is 5.47. The summed E-state index contributed by atoms with van der Waals surface area (Å²) in [7, 11) is 0. The van der Waals surface area contributed by atoms with Crippen LogP contribution in [0.1, 0.15) is 43.5 Å². The van der Waals surface area contributed by atoms with E-state index in [0.717, 1.165) is 12.8 Å². The first-order chi connectivity index (χ1) is 11.6. The zero-order valence-corrected chi connectivity index (χ0v) is 14.5. The standard InChI is InChI=1S/C18H27N3O3/c1-14(2)13-24-11-7-17(22)21-9-5-16(6-10-21)20-18(23)15-4-3-8-19-12-15/h3-4,8,12,14,16H,5-7,9-11,13H2,1-2H3,(H,20,23). The van der Waals surface area contributed by atoms with Crippen molar-refractivity contribution >= 4 is 11.8 Å². The Bertz CT molecular complexity index is 526. The van der Waals surface area contributed by atoms with Crippen LogP contribution in [0.5, 0.6) is 0 Å². The third-order valence-corrected chi connectivity index (χ3v) is 4.02. The maximum atomic E-state index is 12.1. The van der Waals surface area contributed by atoms with E-state index in [1.807, 2.05) is 4.90 Å².